The lowest BCUT2D eigenvalue weighted by atomic mass is 10.1. The quantitative estimate of drug-likeness (QED) is 0.777. The van der Waals surface area contributed by atoms with Crippen LogP contribution in [-0.2, 0) is 9.47 Å². The zero-order valence-electron chi connectivity index (χ0n) is 12.3. The number of carbonyl (C=O) groups is 2. The highest BCUT2D eigenvalue weighted by Gasteiger charge is 2.22. The van der Waals surface area contributed by atoms with E-state index in [1.54, 1.807) is 24.3 Å². The number of amides is 1. The lowest BCUT2D eigenvalue weighted by Crippen LogP contribution is -2.37. The Morgan fingerprint density at radius 1 is 1.52 bits per heavy atom. The topological polar surface area (TPSA) is 68.7 Å². The zero-order valence-corrected chi connectivity index (χ0v) is 13.1. The maximum Gasteiger partial charge on any atom is 0.367 e. The number of rotatable bonds is 5. The molecule has 1 aromatic rings. The molecule has 1 aliphatic rings. The summed E-state index contributed by atoms with van der Waals surface area (Å²) in [5.41, 5.74) is 0.279. The maximum atomic E-state index is 12.3. The monoisotopic (exact) mass is 312 g/mol. The molecule has 1 saturated heterocycles. The van der Waals surface area contributed by atoms with Crippen LogP contribution in [0.1, 0.15) is 46.5 Å². The summed E-state index contributed by atoms with van der Waals surface area (Å²) in [4.78, 5) is 29.5. The third-order valence-corrected chi connectivity index (χ3v) is 4.09. The van der Waals surface area contributed by atoms with Crippen LogP contribution in [0, 0.1) is 0 Å². The first-order chi connectivity index (χ1) is 10.1. The number of nitrogens with zero attached hydrogens (tertiary/aromatic N) is 2. The van der Waals surface area contributed by atoms with E-state index >= 15 is 0 Å². The smallest absolute Gasteiger partial charge is 0.367 e. The highest BCUT2D eigenvalue weighted by atomic mass is 32.1. The minimum Gasteiger partial charge on any atom is -0.461 e. The van der Waals surface area contributed by atoms with Gasteiger partial charge in [-0.25, -0.2) is 9.78 Å². The highest BCUT2D eigenvalue weighted by Crippen LogP contribution is 2.16. The molecule has 6 nitrogen and oxygen atoms in total. The standard InChI is InChI=1S/C14H20N2O4S/c1-3-19-14(18)12-15-11(9-21-12)13(17)16(2)8-10-6-4-5-7-20-10/h9-10H,3-8H2,1-2H3. The van der Waals surface area contributed by atoms with Gasteiger partial charge < -0.3 is 14.4 Å². The van der Waals surface area contributed by atoms with E-state index in [-0.39, 0.29) is 22.7 Å². The van der Waals surface area contributed by atoms with Gasteiger partial charge in [-0.3, -0.25) is 4.79 Å². The van der Waals surface area contributed by atoms with Gasteiger partial charge in [-0.1, -0.05) is 0 Å². The van der Waals surface area contributed by atoms with Gasteiger partial charge in [0, 0.05) is 25.6 Å². The Balaban J connectivity index is 1.94. The molecule has 1 aromatic heterocycles. The molecule has 116 valence electrons. The van der Waals surface area contributed by atoms with E-state index < -0.39 is 5.97 Å². The van der Waals surface area contributed by atoms with Crippen molar-refractivity contribution in [2.45, 2.75) is 32.3 Å². The van der Waals surface area contributed by atoms with Crippen LogP contribution < -0.4 is 0 Å². The van der Waals surface area contributed by atoms with E-state index in [9.17, 15) is 9.59 Å². The molecule has 7 heteroatoms. The van der Waals surface area contributed by atoms with Crippen molar-refractivity contribution in [2.75, 3.05) is 26.8 Å². The fourth-order valence-electron chi connectivity index (χ4n) is 2.19. The number of ether oxygens (including phenoxy) is 2. The van der Waals surface area contributed by atoms with Crippen LogP contribution in [0.2, 0.25) is 0 Å². The largest absolute Gasteiger partial charge is 0.461 e. The molecule has 1 aliphatic heterocycles. The zero-order chi connectivity index (χ0) is 15.2. The number of esters is 1. The minimum atomic E-state index is -0.486. The number of hydrogen-bond donors (Lipinski definition) is 0. The van der Waals surface area contributed by atoms with Crippen LogP contribution in [-0.4, -0.2) is 54.7 Å². The summed E-state index contributed by atoms with van der Waals surface area (Å²) in [5, 5.41) is 1.80. The number of thiazole rings is 1. The molecule has 0 aromatic carbocycles. The van der Waals surface area contributed by atoms with Crippen molar-refractivity contribution in [3.05, 3.63) is 16.1 Å². The third kappa shape index (κ3) is 4.25. The summed E-state index contributed by atoms with van der Waals surface area (Å²) in [6.45, 7) is 3.33. The van der Waals surface area contributed by atoms with Gasteiger partial charge in [0.2, 0.25) is 5.01 Å². The van der Waals surface area contributed by atoms with Crippen LogP contribution in [0.15, 0.2) is 5.38 Å². The Morgan fingerprint density at radius 3 is 3.00 bits per heavy atom. The second kappa shape index (κ2) is 7.51. The molecular formula is C14H20N2O4S. The van der Waals surface area contributed by atoms with Gasteiger partial charge >= 0.3 is 5.97 Å². The minimum absolute atomic E-state index is 0.0934. The molecule has 0 saturated carbocycles. The van der Waals surface area contributed by atoms with Gasteiger partial charge in [-0.2, -0.15) is 0 Å². The number of carbonyl (C=O) groups excluding carboxylic acids is 2. The van der Waals surface area contributed by atoms with E-state index in [4.69, 9.17) is 9.47 Å². The summed E-state index contributed by atoms with van der Waals surface area (Å²) >= 11 is 1.13. The maximum absolute atomic E-state index is 12.3. The van der Waals surface area contributed by atoms with E-state index in [1.165, 1.54) is 0 Å². The molecule has 1 unspecified atom stereocenters. The van der Waals surface area contributed by atoms with Crippen molar-refractivity contribution in [2.24, 2.45) is 0 Å². The van der Waals surface area contributed by atoms with Crippen molar-refractivity contribution < 1.29 is 19.1 Å². The van der Waals surface area contributed by atoms with Crippen molar-refractivity contribution in [1.29, 1.82) is 0 Å². The Morgan fingerprint density at radius 2 is 2.33 bits per heavy atom. The second-order valence-corrected chi connectivity index (χ2v) is 5.79. The molecular weight excluding hydrogens is 292 g/mol. The Labute approximate surface area is 128 Å². The summed E-state index contributed by atoms with van der Waals surface area (Å²) in [6, 6.07) is 0. The summed E-state index contributed by atoms with van der Waals surface area (Å²) in [5.74, 6) is -0.684. The molecule has 0 bridgehead atoms. The van der Waals surface area contributed by atoms with Crippen LogP contribution in [0.5, 0.6) is 0 Å². The summed E-state index contributed by atoms with van der Waals surface area (Å²) in [7, 11) is 1.73. The Hall–Kier alpha value is -1.47. The average Bonchev–Trinajstić information content (AvgIpc) is 2.97. The molecule has 0 spiro atoms. The predicted octanol–water partition coefficient (Wildman–Crippen LogP) is 1.96. The fourth-order valence-corrected chi connectivity index (χ4v) is 2.88. The number of likely N-dealkylation sites (N-methyl/N-ethyl adjacent to an activating group) is 1. The summed E-state index contributed by atoms with van der Waals surface area (Å²) in [6.07, 6.45) is 3.29. The molecule has 2 heterocycles. The van der Waals surface area contributed by atoms with E-state index in [0.717, 1.165) is 37.2 Å². The average molecular weight is 312 g/mol. The molecule has 0 aliphatic carbocycles. The van der Waals surface area contributed by atoms with Gasteiger partial charge in [0.05, 0.1) is 12.7 Å². The first-order valence-electron chi connectivity index (χ1n) is 7.11. The molecule has 1 amide bonds. The molecule has 2 rings (SSSR count). The Kier molecular flexibility index (Phi) is 5.69. The molecule has 0 radical (unpaired) electrons. The highest BCUT2D eigenvalue weighted by molar-refractivity contribution is 7.11. The van der Waals surface area contributed by atoms with Gasteiger partial charge in [-0.15, -0.1) is 11.3 Å². The first kappa shape index (κ1) is 15.9. The number of aromatic nitrogens is 1. The van der Waals surface area contributed by atoms with E-state index in [1.807, 2.05) is 0 Å². The SMILES string of the molecule is CCOC(=O)c1nc(C(=O)N(C)CC2CCCCO2)cs1. The fraction of sp³-hybridized carbons (Fsp3) is 0.643. The first-order valence-corrected chi connectivity index (χ1v) is 7.99. The number of hydrogen-bond acceptors (Lipinski definition) is 6. The molecule has 1 atom stereocenters. The predicted molar refractivity (Wildman–Crippen MR) is 78.6 cm³/mol. The van der Waals surface area contributed by atoms with Crippen LogP contribution in [0.25, 0.3) is 0 Å². The normalized spacial score (nSPS) is 18.3. The van der Waals surface area contributed by atoms with Gasteiger partial charge in [0.25, 0.3) is 5.91 Å². The third-order valence-electron chi connectivity index (χ3n) is 3.27. The van der Waals surface area contributed by atoms with Crippen LogP contribution in [0.4, 0.5) is 0 Å². The van der Waals surface area contributed by atoms with Crippen molar-refractivity contribution in [3.63, 3.8) is 0 Å². The van der Waals surface area contributed by atoms with Crippen LogP contribution in [0.3, 0.4) is 0 Å². The molecule has 21 heavy (non-hydrogen) atoms. The summed E-state index contributed by atoms with van der Waals surface area (Å²) < 4.78 is 10.5. The van der Waals surface area contributed by atoms with E-state index in [2.05, 4.69) is 4.98 Å². The van der Waals surface area contributed by atoms with Crippen LogP contribution >= 0.6 is 11.3 Å². The van der Waals surface area contributed by atoms with Crippen molar-refractivity contribution >= 4 is 23.2 Å². The van der Waals surface area contributed by atoms with Crippen molar-refractivity contribution in [3.8, 4) is 0 Å². The van der Waals surface area contributed by atoms with Gasteiger partial charge in [0.15, 0.2) is 0 Å². The lowest BCUT2D eigenvalue weighted by Gasteiger charge is -2.27. The van der Waals surface area contributed by atoms with Crippen molar-refractivity contribution in [1.82, 2.24) is 9.88 Å². The molecule has 0 N–H and O–H groups in total. The lowest BCUT2D eigenvalue weighted by molar-refractivity contribution is -0.000283. The van der Waals surface area contributed by atoms with E-state index in [0.29, 0.717) is 13.2 Å². The molecule has 1 fully saturated rings. The van der Waals surface area contributed by atoms with Gasteiger partial charge in [-0.05, 0) is 26.2 Å². The second-order valence-electron chi connectivity index (χ2n) is 4.93. The van der Waals surface area contributed by atoms with Gasteiger partial charge in [0.1, 0.15) is 5.69 Å². The Bertz CT molecular complexity index is 497.